The number of hydrogen-bond donors (Lipinski definition) is 2. The Kier molecular flexibility index (Phi) is 6.17. The fraction of sp³-hybridized carbons (Fsp3) is 0.857. The van der Waals surface area contributed by atoms with Crippen LogP contribution in [0.5, 0.6) is 0 Å². The molecule has 0 aromatic carbocycles. The Balaban J connectivity index is 3.93. The third-order valence-corrected chi connectivity index (χ3v) is 3.36. The van der Waals surface area contributed by atoms with Crippen LogP contribution < -0.4 is 10.5 Å². The van der Waals surface area contributed by atoms with Gasteiger partial charge in [0.15, 0.2) is 0 Å². The summed E-state index contributed by atoms with van der Waals surface area (Å²) in [6, 6.07) is 0. The molecule has 0 aromatic heterocycles. The summed E-state index contributed by atoms with van der Waals surface area (Å²) in [7, 11) is -1.81. The molecule has 0 fully saturated rings. The van der Waals surface area contributed by atoms with E-state index >= 15 is 0 Å². The third kappa shape index (κ3) is 6.25. The van der Waals surface area contributed by atoms with Crippen LogP contribution >= 0.6 is 12.2 Å². The number of thiocarbonyl (C=S) groups is 1. The largest absolute Gasteiger partial charge is 0.393 e. The second-order valence-electron chi connectivity index (χ2n) is 2.96. The van der Waals surface area contributed by atoms with Gasteiger partial charge in [0.2, 0.25) is 10.0 Å². The van der Waals surface area contributed by atoms with Crippen LogP contribution in [0, 0.1) is 5.92 Å². The molecule has 0 aliphatic carbocycles. The van der Waals surface area contributed by atoms with Crippen LogP contribution in [0.1, 0.15) is 6.92 Å². The van der Waals surface area contributed by atoms with Gasteiger partial charge < -0.3 is 10.5 Å². The molecule has 0 bridgehead atoms. The van der Waals surface area contributed by atoms with Crippen molar-refractivity contribution in [2.75, 3.05) is 26.0 Å². The highest BCUT2D eigenvalue weighted by molar-refractivity contribution is 7.89. The van der Waals surface area contributed by atoms with E-state index in [1.165, 1.54) is 7.11 Å². The number of sulfonamides is 1. The van der Waals surface area contributed by atoms with Crippen LogP contribution in [0.3, 0.4) is 0 Å². The van der Waals surface area contributed by atoms with Gasteiger partial charge in [-0.3, -0.25) is 0 Å². The van der Waals surface area contributed by atoms with Gasteiger partial charge in [-0.2, -0.15) is 0 Å². The van der Waals surface area contributed by atoms with Crippen molar-refractivity contribution in [2.45, 2.75) is 6.92 Å². The topological polar surface area (TPSA) is 81.4 Å². The van der Waals surface area contributed by atoms with Crippen LogP contribution in [-0.2, 0) is 14.8 Å². The molecule has 0 rings (SSSR count). The zero-order valence-corrected chi connectivity index (χ0v) is 9.95. The Labute approximate surface area is 90.1 Å². The summed E-state index contributed by atoms with van der Waals surface area (Å²) in [5.41, 5.74) is 5.34. The maximum absolute atomic E-state index is 11.2. The van der Waals surface area contributed by atoms with Gasteiger partial charge in [-0.15, -0.1) is 0 Å². The average Bonchev–Trinajstić information content (AvgIpc) is 2.11. The van der Waals surface area contributed by atoms with Crippen LogP contribution in [0.25, 0.3) is 0 Å². The van der Waals surface area contributed by atoms with Crippen molar-refractivity contribution in [2.24, 2.45) is 11.7 Å². The van der Waals surface area contributed by atoms with Crippen molar-refractivity contribution in [3.8, 4) is 0 Å². The first-order valence-electron chi connectivity index (χ1n) is 4.14. The normalized spacial score (nSPS) is 13.9. The molecule has 3 N–H and O–H groups in total. The smallest absolute Gasteiger partial charge is 0.213 e. The van der Waals surface area contributed by atoms with E-state index in [0.29, 0.717) is 4.99 Å². The molecule has 1 atom stereocenters. The Bertz CT molecular complexity index is 277. The third-order valence-electron chi connectivity index (χ3n) is 1.65. The first-order chi connectivity index (χ1) is 6.39. The molecule has 0 saturated carbocycles. The average molecular weight is 240 g/mol. The molecule has 0 amide bonds. The monoisotopic (exact) mass is 240 g/mol. The molecule has 0 radical (unpaired) electrons. The molecule has 7 heteroatoms. The van der Waals surface area contributed by atoms with E-state index in [1.807, 2.05) is 0 Å². The van der Waals surface area contributed by atoms with Crippen LogP contribution in [0.15, 0.2) is 0 Å². The van der Waals surface area contributed by atoms with E-state index < -0.39 is 10.0 Å². The fourth-order valence-electron chi connectivity index (χ4n) is 0.618. The predicted molar refractivity (Wildman–Crippen MR) is 59.6 cm³/mol. The highest BCUT2D eigenvalue weighted by Gasteiger charge is 2.12. The summed E-state index contributed by atoms with van der Waals surface area (Å²) in [6.45, 7) is 2.18. The molecule has 0 aliphatic rings. The summed E-state index contributed by atoms with van der Waals surface area (Å²) in [6.07, 6.45) is 0. The van der Waals surface area contributed by atoms with Gasteiger partial charge in [0.05, 0.1) is 17.3 Å². The maximum Gasteiger partial charge on any atom is 0.213 e. The van der Waals surface area contributed by atoms with Gasteiger partial charge in [0.25, 0.3) is 0 Å². The molecule has 84 valence electrons. The van der Waals surface area contributed by atoms with Gasteiger partial charge in [0, 0.05) is 19.6 Å². The Morgan fingerprint density at radius 3 is 2.64 bits per heavy atom. The van der Waals surface area contributed by atoms with E-state index in [4.69, 9.17) is 18.0 Å². The summed E-state index contributed by atoms with van der Waals surface area (Å²) in [5.74, 6) is -0.185. The summed E-state index contributed by atoms with van der Waals surface area (Å²) in [4.78, 5) is 0.305. The Hall–Kier alpha value is -0.240. The number of rotatable bonds is 7. The Morgan fingerprint density at radius 1 is 1.64 bits per heavy atom. The number of methoxy groups -OCH3 is 1. The van der Waals surface area contributed by atoms with Gasteiger partial charge in [-0.05, 0) is 0 Å². The number of hydrogen-bond acceptors (Lipinski definition) is 4. The van der Waals surface area contributed by atoms with Crippen LogP contribution in [0.2, 0.25) is 0 Å². The lowest BCUT2D eigenvalue weighted by molar-refractivity contribution is 0.217. The minimum Gasteiger partial charge on any atom is -0.393 e. The molecule has 0 aliphatic heterocycles. The molecular weight excluding hydrogens is 224 g/mol. The highest BCUT2D eigenvalue weighted by Crippen LogP contribution is 1.94. The van der Waals surface area contributed by atoms with Gasteiger partial charge in [-0.1, -0.05) is 19.1 Å². The zero-order chi connectivity index (χ0) is 11.2. The second-order valence-corrected chi connectivity index (χ2v) is 5.36. The zero-order valence-electron chi connectivity index (χ0n) is 8.32. The number of nitrogens with two attached hydrogens (primary N) is 1. The SMILES string of the molecule is COCCS(=O)(=O)NCC(C)C(N)=S. The van der Waals surface area contributed by atoms with Crippen LogP contribution in [-0.4, -0.2) is 39.4 Å². The molecule has 0 aromatic rings. The number of nitrogens with one attached hydrogen (secondary N) is 1. The summed E-state index contributed by atoms with van der Waals surface area (Å²) in [5, 5.41) is 0. The molecule has 5 nitrogen and oxygen atoms in total. The van der Waals surface area contributed by atoms with Crippen LogP contribution in [0.4, 0.5) is 0 Å². The van der Waals surface area contributed by atoms with Gasteiger partial charge in [-0.25, -0.2) is 13.1 Å². The molecule has 1 unspecified atom stereocenters. The van der Waals surface area contributed by atoms with E-state index in [2.05, 4.69) is 9.46 Å². The predicted octanol–water partition coefficient (Wildman–Crippen LogP) is -0.526. The lowest BCUT2D eigenvalue weighted by atomic mass is 10.2. The van der Waals surface area contributed by atoms with E-state index in [9.17, 15) is 8.42 Å². The quantitative estimate of drug-likeness (QED) is 0.585. The maximum atomic E-state index is 11.2. The lowest BCUT2D eigenvalue weighted by Gasteiger charge is -2.10. The molecule has 0 saturated heterocycles. The van der Waals surface area contributed by atoms with Gasteiger partial charge >= 0.3 is 0 Å². The van der Waals surface area contributed by atoms with Crippen molar-refractivity contribution in [1.29, 1.82) is 0 Å². The lowest BCUT2D eigenvalue weighted by Crippen LogP contribution is -2.35. The van der Waals surface area contributed by atoms with Crippen molar-refractivity contribution < 1.29 is 13.2 Å². The van der Waals surface area contributed by atoms with Crippen molar-refractivity contribution in [3.63, 3.8) is 0 Å². The highest BCUT2D eigenvalue weighted by atomic mass is 32.2. The summed E-state index contributed by atoms with van der Waals surface area (Å²) < 4.78 is 29.5. The van der Waals surface area contributed by atoms with Gasteiger partial charge in [0.1, 0.15) is 0 Å². The summed E-state index contributed by atoms with van der Waals surface area (Å²) >= 11 is 4.71. The standard InChI is InChI=1S/C7H16N2O3S2/c1-6(7(8)13)5-9-14(10,11)4-3-12-2/h6,9H,3-5H2,1-2H3,(H2,8,13). The Morgan fingerprint density at radius 2 is 2.21 bits per heavy atom. The van der Waals surface area contributed by atoms with Crippen molar-refractivity contribution in [1.82, 2.24) is 4.72 Å². The first kappa shape index (κ1) is 13.8. The minimum atomic E-state index is -3.26. The molecule has 14 heavy (non-hydrogen) atoms. The van der Waals surface area contributed by atoms with Crippen molar-refractivity contribution in [3.05, 3.63) is 0 Å². The van der Waals surface area contributed by atoms with Crippen molar-refractivity contribution >= 4 is 27.2 Å². The first-order valence-corrected chi connectivity index (χ1v) is 6.20. The fourth-order valence-corrected chi connectivity index (χ4v) is 1.74. The minimum absolute atomic E-state index is 0.0481. The molecular formula is C7H16N2O3S2. The van der Waals surface area contributed by atoms with E-state index in [0.717, 1.165) is 0 Å². The second kappa shape index (κ2) is 6.28. The number of ether oxygens (including phenoxy) is 1. The van der Waals surface area contributed by atoms with E-state index in [1.54, 1.807) is 6.92 Å². The molecule has 0 spiro atoms. The van der Waals surface area contributed by atoms with E-state index in [-0.39, 0.29) is 24.8 Å². The molecule has 0 heterocycles.